The van der Waals surface area contributed by atoms with Crippen LogP contribution in [0, 0.1) is 0 Å². The van der Waals surface area contributed by atoms with Crippen molar-refractivity contribution < 1.29 is 22.5 Å². The first-order valence-corrected chi connectivity index (χ1v) is 6.39. The molecule has 0 bridgehead atoms. The van der Waals surface area contributed by atoms with E-state index in [1.165, 1.54) is 6.92 Å². The van der Waals surface area contributed by atoms with Gasteiger partial charge in [-0.2, -0.15) is 8.42 Å². The highest BCUT2D eigenvalue weighted by molar-refractivity contribution is 7.88. The van der Waals surface area contributed by atoms with Crippen LogP contribution in [-0.2, 0) is 19.6 Å². The molecule has 0 radical (unpaired) electrons. The van der Waals surface area contributed by atoms with Gasteiger partial charge in [-0.3, -0.25) is 9.35 Å². The molecule has 0 saturated carbocycles. The molecule has 1 saturated heterocycles. The second-order valence-electron chi connectivity index (χ2n) is 3.65. The Morgan fingerprint density at radius 3 is 2.53 bits per heavy atom. The predicted octanol–water partition coefficient (Wildman–Crippen LogP) is -1.08. The van der Waals surface area contributed by atoms with Crippen molar-refractivity contribution >= 4 is 28.4 Å². The Morgan fingerprint density at radius 1 is 1.65 bits per heavy atom. The van der Waals surface area contributed by atoms with Gasteiger partial charge in [0.05, 0.1) is 6.61 Å². The minimum Gasteiger partial charge on any atom is -0.373 e. The van der Waals surface area contributed by atoms with Crippen molar-refractivity contribution in [1.82, 2.24) is 5.32 Å². The highest BCUT2D eigenvalue weighted by atomic mass is 35.5. The van der Waals surface area contributed by atoms with E-state index in [1.807, 2.05) is 0 Å². The summed E-state index contributed by atoms with van der Waals surface area (Å²) in [5.74, 6) is -1.09. The van der Waals surface area contributed by atoms with E-state index < -0.39 is 26.9 Å². The van der Waals surface area contributed by atoms with Gasteiger partial charge in [0, 0.05) is 13.1 Å². The van der Waals surface area contributed by atoms with E-state index in [1.54, 1.807) is 0 Å². The lowest BCUT2D eigenvalue weighted by Crippen LogP contribution is -2.63. The molecule has 9 heteroatoms. The first kappa shape index (κ1) is 16.6. The third-order valence-corrected chi connectivity index (χ3v) is 4.52. The van der Waals surface area contributed by atoms with Crippen molar-refractivity contribution in [2.75, 3.05) is 19.7 Å². The number of nitrogens with two attached hydrogens (primary N) is 1. The van der Waals surface area contributed by atoms with Crippen LogP contribution in [0.3, 0.4) is 0 Å². The Bertz CT molecular complexity index is 368. The molecule has 0 aromatic rings. The van der Waals surface area contributed by atoms with E-state index >= 15 is 0 Å². The molecule has 2 unspecified atom stereocenters. The van der Waals surface area contributed by atoms with Gasteiger partial charge in [0.1, 0.15) is 6.10 Å². The number of nitrogens with one attached hydrogen (secondary N) is 1. The molecular weight excluding hydrogens is 272 g/mol. The number of morpholine rings is 1. The van der Waals surface area contributed by atoms with Gasteiger partial charge >= 0.3 is 0 Å². The number of amides is 1. The number of primary amides is 1. The third kappa shape index (κ3) is 2.89. The third-order valence-electron chi connectivity index (χ3n) is 2.85. The molecule has 7 nitrogen and oxygen atoms in total. The summed E-state index contributed by atoms with van der Waals surface area (Å²) in [6.45, 7) is 2.48. The van der Waals surface area contributed by atoms with Crippen molar-refractivity contribution in [2.24, 2.45) is 5.73 Å². The summed E-state index contributed by atoms with van der Waals surface area (Å²) in [7, 11) is -4.62. The molecule has 0 aromatic heterocycles. The summed E-state index contributed by atoms with van der Waals surface area (Å²) in [6, 6.07) is 0. The summed E-state index contributed by atoms with van der Waals surface area (Å²) in [6.07, 6.45) is -1.09. The highest BCUT2D eigenvalue weighted by Crippen LogP contribution is 2.28. The van der Waals surface area contributed by atoms with Crippen LogP contribution in [0.25, 0.3) is 0 Å². The van der Waals surface area contributed by atoms with Gasteiger partial charge in [-0.05, 0) is 6.42 Å². The number of halogens is 1. The standard InChI is InChI=1S/C8H16N2O5S.ClH/c1-2-8(7(9)11,16(12,13)14)6-5-10-3-4-15-6;/h6,10H,2-5H2,1H3,(H2,9,11)(H,12,13,14);1H. The fourth-order valence-electron chi connectivity index (χ4n) is 1.90. The number of hydrogen-bond acceptors (Lipinski definition) is 5. The normalized spacial score (nSPS) is 24.5. The fraction of sp³-hybridized carbons (Fsp3) is 0.875. The minimum absolute atomic E-state index is 0. The van der Waals surface area contributed by atoms with Crippen LogP contribution in [0.2, 0.25) is 0 Å². The second-order valence-corrected chi connectivity index (χ2v) is 5.32. The van der Waals surface area contributed by atoms with Crippen LogP contribution in [0.4, 0.5) is 0 Å². The van der Waals surface area contributed by atoms with Crippen LogP contribution in [0.5, 0.6) is 0 Å². The summed E-state index contributed by atoms with van der Waals surface area (Å²) >= 11 is 0. The summed E-state index contributed by atoms with van der Waals surface area (Å²) in [4.78, 5) is 11.4. The summed E-state index contributed by atoms with van der Waals surface area (Å²) in [5.41, 5.74) is 5.11. The Morgan fingerprint density at radius 2 is 2.24 bits per heavy atom. The van der Waals surface area contributed by atoms with Crippen molar-refractivity contribution in [3.8, 4) is 0 Å². The maximum Gasteiger partial charge on any atom is 0.282 e. The van der Waals surface area contributed by atoms with E-state index in [0.717, 1.165) is 0 Å². The van der Waals surface area contributed by atoms with Crippen LogP contribution in [0.1, 0.15) is 13.3 Å². The van der Waals surface area contributed by atoms with E-state index in [2.05, 4.69) is 5.32 Å². The molecule has 0 spiro atoms. The van der Waals surface area contributed by atoms with E-state index in [0.29, 0.717) is 6.54 Å². The number of carbonyl (C=O) groups is 1. The molecule has 1 amide bonds. The number of rotatable bonds is 4. The van der Waals surface area contributed by atoms with Crippen LogP contribution < -0.4 is 11.1 Å². The summed E-state index contributed by atoms with van der Waals surface area (Å²) < 4.78 is 35.1. The zero-order valence-electron chi connectivity index (χ0n) is 9.38. The van der Waals surface area contributed by atoms with Crippen LogP contribution in [0.15, 0.2) is 0 Å². The lowest BCUT2D eigenvalue weighted by atomic mass is 9.96. The first-order valence-electron chi connectivity index (χ1n) is 4.95. The average molecular weight is 289 g/mol. The number of hydrogen-bond donors (Lipinski definition) is 3. The van der Waals surface area contributed by atoms with Gasteiger partial charge in [-0.1, -0.05) is 6.92 Å². The quantitative estimate of drug-likeness (QED) is 0.566. The number of ether oxygens (including phenoxy) is 1. The van der Waals surface area contributed by atoms with Crippen molar-refractivity contribution in [3.63, 3.8) is 0 Å². The molecule has 1 heterocycles. The van der Waals surface area contributed by atoms with Gasteiger partial charge in [0.25, 0.3) is 10.1 Å². The first-order chi connectivity index (χ1) is 7.36. The Balaban J connectivity index is 0.00000256. The average Bonchev–Trinajstić information content (AvgIpc) is 2.18. The van der Waals surface area contributed by atoms with E-state index in [4.69, 9.17) is 10.5 Å². The van der Waals surface area contributed by atoms with Crippen LogP contribution in [-0.4, -0.2) is 49.4 Å². The molecule has 2 atom stereocenters. The predicted molar refractivity (Wildman–Crippen MR) is 63.6 cm³/mol. The highest BCUT2D eigenvalue weighted by Gasteiger charge is 2.54. The zero-order chi connectivity index (χ0) is 12.4. The molecule has 0 aromatic carbocycles. The Labute approximate surface area is 106 Å². The van der Waals surface area contributed by atoms with E-state index in [-0.39, 0.29) is 32.0 Å². The molecule has 0 aliphatic carbocycles. The molecule has 4 N–H and O–H groups in total. The molecule has 17 heavy (non-hydrogen) atoms. The molecule has 1 fully saturated rings. The Hall–Kier alpha value is -0.410. The van der Waals surface area contributed by atoms with Crippen molar-refractivity contribution in [3.05, 3.63) is 0 Å². The maximum atomic E-state index is 11.4. The maximum absolute atomic E-state index is 11.4. The number of carbonyl (C=O) groups excluding carboxylic acids is 1. The lowest BCUT2D eigenvalue weighted by molar-refractivity contribution is -0.126. The smallest absolute Gasteiger partial charge is 0.282 e. The van der Waals surface area contributed by atoms with Gasteiger partial charge < -0.3 is 15.8 Å². The summed E-state index contributed by atoms with van der Waals surface area (Å²) in [5, 5.41) is 2.89. The lowest BCUT2D eigenvalue weighted by Gasteiger charge is -2.36. The molecule has 1 aliphatic heterocycles. The van der Waals surface area contributed by atoms with Crippen molar-refractivity contribution in [2.45, 2.75) is 24.2 Å². The van der Waals surface area contributed by atoms with Crippen LogP contribution >= 0.6 is 12.4 Å². The molecular formula is C8H17ClN2O5S. The van der Waals surface area contributed by atoms with Gasteiger partial charge in [-0.15, -0.1) is 12.4 Å². The molecule has 102 valence electrons. The largest absolute Gasteiger partial charge is 0.373 e. The van der Waals surface area contributed by atoms with Gasteiger partial charge in [0.2, 0.25) is 10.7 Å². The van der Waals surface area contributed by atoms with Gasteiger partial charge in [0.15, 0.2) is 0 Å². The fourth-order valence-corrected chi connectivity index (χ4v) is 3.00. The zero-order valence-corrected chi connectivity index (χ0v) is 11.0. The molecule has 1 aliphatic rings. The topological polar surface area (TPSA) is 119 Å². The molecule has 1 rings (SSSR count). The van der Waals surface area contributed by atoms with Crippen molar-refractivity contribution in [1.29, 1.82) is 0 Å². The second kappa shape index (κ2) is 5.96. The minimum atomic E-state index is -4.62. The van der Waals surface area contributed by atoms with E-state index in [9.17, 15) is 17.8 Å². The SMILES string of the molecule is CCC(C(N)=O)(C1CNCCO1)S(=O)(=O)O.Cl. The Kier molecular flexibility index (Phi) is 5.82. The van der Waals surface area contributed by atoms with Gasteiger partial charge in [-0.25, -0.2) is 0 Å². The monoisotopic (exact) mass is 288 g/mol.